The molecule has 3 N–H and O–H groups in total. The van der Waals surface area contributed by atoms with E-state index >= 15 is 0 Å². The Hall–Kier alpha value is -2.46. The first-order chi connectivity index (χ1) is 50.9. The highest BCUT2D eigenvalue weighted by atomic mass is 31.2. The quantitative estimate of drug-likeness (QED) is 0.0169. The second-order valence-corrected chi connectivity index (χ2v) is 33.9. The van der Waals surface area contributed by atoms with Gasteiger partial charge in [-0.1, -0.05) is 380 Å². The van der Waals surface area contributed by atoms with Gasteiger partial charge in [-0.2, -0.15) is 0 Å². The molecule has 0 radical (unpaired) electrons. The van der Waals surface area contributed by atoms with Gasteiger partial charge in [-0.3, -0.25) is 37.3 Å². The maximum atomic E-state index is 13.1. The number of rotatable bonds is 83. The minimum atomic E-state index is -4.97. The lowest BCUT2D eigenvalue weighted by Crippen LogP contribution is -2.30. The Kier molecular flexibility index (Phi) is 75.1. The number of aliphatic hydroxyl groups is 1. The van der Waals surface area contributed by atoms with Gasteiger partial charge in [0, 0.05) is 25.7 Å². The lowest BCUT2D eigenvalue weighted by Gasteiger charge is -2.21. The number of aliphatic hydroxyl groups excluding tert-OH is 1. The third-order valence-electron chi connectivity index (χ3n) is 19.9. The molecule has 0 aromatic carbocycles. The standard InChI is InChI=1S/C86H164O17P2/c1-7-10-12-14-16-18-20-21-27-35-40-46-52-58-64-70-85(90)102-81(74-96-83(88)68-62-56-50-44-19-17-15-13-11-8-2)76-100-104(92,93)98-72-80(87)73-99-105(94,95)101-77-82(75-97-84(89)69-63-57-51-45-39-34-31-26-28-32-37-42-48-54-60-66-78(4)5)103-86(91)71-65-59-53-47-41-36-30-25-23-22-24-29-33-38-43-49-55-61-67-79(6)9-3/h18,20-21,27,78-82,87H,7-17,19,22-26,28-77H2,1-6H3,(H,92,93)(H,94,95)/b20-18-,27-21-/t79?,80-,81+,82+/m0/s1. The Morgan fingerprint density at radius 3 is 0.857 bits per heavy atom. The monoisotopic (exact) mass is 1530 g/mol. The summed E-state index contributed by atoms with van der Waals surface area (Å²) >= 11 is 0. The molecular formula is C86H164O17P2. The number of allylic oxidation sites excluding steroid dienone is 4. The van der Waals surface area contributed by atoms with E-state index in [0.717, 1.165) is 115 Å². The van der Waals surface area contributed by atoms with Crippen LogP contribution >= 0.6 is 15.6 Å². The number of ether oxygens (including phenoxy) is 4. The fourth-order valence-electron chi connectivity index (χ4n) is 12.8. The molecule has 0 fully saturated rings. The molecule has 17 nitrogen and oxygen atoms in total. The Morgan fingerprint density at radius 2 is 0.562 bits per heavy atom. The van der Waals surface area contributed by atoms with Crippen LogP contribution in [0.2, 0.25) is 0 Å². The van der Waals surface area contributed by atoms with Crippen LogP contribution < -0.4 is 0 Å². The molecule has 6 atom stereocenters. The minimum absolute atomic E-state index is 0.0854. The maximum Gasteiger partial charge on any atom is 0.472 e. The second kappa shape index (κ2) is 76.9. The van der Waals surface area contributed by atoms with E-state index in [-0.39, 0.29) is 25.7 Å². The summed E-state index contributed by atoms with van der Waals surface area (Å²) in [5.41, 5.74) is 0. The van der Waals surface area contributed by atoms with Crippen LogP contribution in [0.4, 0.5) is 0 Å². The van der Waals surface area contributed by atoms with E-state index < -0.39 is 97.5 Å². The molecule has 0 aliphatic carbocycles. The molecular weight excluding hydrogens is 1370 g/mol. The van der Waals surface area contributed by atoms with Gasteiger partial charge in [-0.05, 0) is 63.2 Å². The number of unbranched alkanes of at least 4 members (excludes halogenated alkanes) is 49. The van der Waals surface area contributed by atoms with Gasteiger partial charge < -0.3 is 33.8 Å². The van der Waals surface area contributed by atoms with Gasteiger partial charge in [0.15, 0.2) is 12.2 Å². The van der Waals surface area contributed by atoms with Crippen LogP contribution in [0.3, 0.4) is 0 Å². The first kappa shape index (κ1) is 103. The topological polar surface area (TPSA) is 237 Å². The minimum Gasteiger partial charge on any atom is -0.462 e. The van der Waals surface area contributed by atoms with Crippen molar-refractivity contribution in [1.29, 1.82) is 0 Å². The van der Waals surface area contributed by atoms with Gasteiger partial charge in [0.05, 0.1) is 26.4 Å². The third-order valence-corrected chi connectivity index (χ3v) is 21.8. The maximum absolute atomic E-state index is 13.1. The first-order valence-electron chi connectivity index (χ1n) is 43.8. The number of carbonyl (C=O) groups excluding carboxylic acids is 4. The number of hydrogen-bond donors (Lipinski definition) is 3. The van der Waals surface area contributed by atoms with E-state index in [1.807, 2.05) is 0 Å². The van der Waals surface area contributed by atoms with Crippen molar-refractivity contribution in [2.75, 3.05) is 39.6 Å². The normalized spacial score (nSPS) is 14.2. The van der Waals surface area contributed by atoms with Gasteiger partial charge in [0.25, 0.3) is 0 Å². The lowest BCUT2D eigenvalue weighted by molar-refractivity contribution is -0.161. The molecule has 0 bridgehead atoms. The van der Waals surface area contributed by atoms with E-state index in [2.05, 4.69) is 65.8 Å². The average Bonchev–Trinajstić information content (AvgIpc) is 0.910. The molecule has 0 aliphatic rings. The fourth-order valence-corrected chi connectivity index (χ4v) is 14.4. The molecule has 0 heterocycles. The number of hydrogen-bond acceptors (Lipinski definition) is 15. The number of carbonyl (C=O) groups is 4. The molecule has 105 heavy (non-hydrogen) atoms. The number of phosphoric acid groups is 2. The van der Waals surface area contributed by atoms with Crippen molar-refractivity contribution in [3.8, 4) is 0 Å². The van der Waals surface area contributed by atoms with Gasteiger partial charge in [0.1, 0.15) is 19.3 Å². The van der Waals surface area contributed by atoms with Crippen molar-refractivity contribution in [1.82, 2.24) is 0 Å². The second-order valence-electron chi connectivity index (χ2n) is 31.0. The molecule has 0 aromatic heterocycles. The molecule has 0 spiro atoms. The largest absolute Gasteiger partial charge is 0.472 e. The average molecular weight is 1530 g/mol. The van der Waals surface area contributed by atoms with E-state index in [9.17, 15) is 43.2 Å². The van der Waals surface area contributed by atoms with Crippen molar-refractivity contribution < 1.29 is 80.2 Å². The van der Waals surface area contributed by atoms with Gasteiger partial charge in [-0.15, -0.1) is 0 Å². The van der Waals surface area contributed by atoms with E-state index in [1.54, 1.807) is 0 Å². The van der Waals surface area contributed by atoms with E-state index in [1.165, 1.54) is 238 Å². The summed E-state index contributed by atoms with van der Waals surface area (Å²) in [6.45, 7) is 9.68. The van der Waals surface area contributed by atoms with Crippen LogP contribution in [-0.2, 0) is 65.4 Å². The lowest BCUT2D eigenvalue weighted by atomic mass is 9.99. The van der Waals surface area contributed by atoms with Gasteiger partial charge in [0.2, 0.25) is 0 Å². The smallest absolute Gasteiger partial charge is 0.462 e. The zero-order valence-corrected chi connectivity index (χ0v) is 70.3. The summed E-state index contributed by atoms with van der Waals surface area (Å²) in [5.74, 6) is -0.458. The van der Waals surface area contributed by atoms with Crippen molar-refractivity contribution in [3.05, 3.63) is 24.3 Å². The van der Waals surface area contributed by atoms with Crippen LogP contribution in [-0.4, -0.2) is 96.7 Å². The number of esters is 4. The molecule has 0 saturated carbocycles. The van der Waals surface area contributed by atoms with Crippen LogP contribution in [0.15, 0.2) is 24.3 Å². The van der Waals surface area contributed by atoms with Crippen molar-refractivity contribution >= 4 is 39.5 Å². The highest BCUT2D eigenvalue weighted by Gasteiger charge is 2.30. The summed E-state index contributed by atoms with van der Waals surface area (Å²) in [6, 6.07) is 0. The van der Waals surface area contributed by atoms with Crippen molar-refractivity contribution in [3.63, 3.8) is 0 Å². The molecule has 620 valence electrons. The van der Waals surface area contributed by atoms with Gasteiger partial charge in [-0.25, -0.2) is 9.13 Å². The van der Waals surface area contributed by atoms with Crippen LogP contribution in [0.1, 0.15) is 433 Å². The summed E-state index contributed by atoms with van der Waals surface area (Å²) in [4.78, 5) is 73.1. The highest BCUT2D eigenvalue weighted by Crippen LogP contribution is 2.45. The summed E-state index contributed by atoms with van der Waals surface area (Å²) in [5, 5.41) is 10.7. The predicted octanol–water partition coefficient (Wildman–Crippen LogP) is 25.8. The Bertz CT molecular complexity index is 2110. The summed E-state index contributed by atoms with van der Waals surface area (Å²) in [7, 11) is -9.94. The Morgan fingerprint density at radius 1 is 0.314 bits per heavy atom. The first-order valence-corrected chi connectivity index (χ1v) is 46.8. The molecule has 0 aromatic rings. The van der Waals surface area contributed by atoms with E-state index in [4.69, 9.17) is 37.0 Å². The zero-order valence-electron chi connectivity index (χ0n) is 68.5. The number of phosphoric ester groups is 2. The molecule has 3 unspecified atom stereocenters. The molecule has 0 amide bonds. The fraction of sp³-hybridized carbons (Fsp3) is 0.907. The highest BCUT2D eigenvalue weighted by molar-refractivity contribution is 7.47. The third kappa shape index (κ3) is 78.0. The van der Waals surface area contributed by atoms with Crippen molar-refractivity contribution in [2.24, 2.45) is 11.8 Å². The molecule has 0 rings (SSSR count). The van der Waals surface area contributed by atoms with Crippen LogP contribution in [0.25, 0.3) is 0 Å². The molecule has 0 saturated heterocycles. The van der Waals surface area contributed by atoms with Gasteiger partial charge >= 0.3 is 39.5 Å². The Labute approximate surface area is 643 Å². The van der Waals surface area contributed by atoms with Crippen LogP contribution in [0.5, 0.6) is 0 Å². The molecule has 19 heteroatoms. The molecule has 0 aliphatic heterocycles. The SMILES string of the molecule is CCCCCC/C=C\C=C/CCCCCCCC(=O)O[C@H](COC(=O)CCCCCCCCCCCC)COP(=O)(O)OC[C@H](O)COP(=O)(O)OC[C@@H](COC(=O)CCCCCCCCCCCCCCCCCC(C)C)OC(=O)CCCCCCCCCCCCCCCCCCCCC(C)CC. The Balaban J connectivity index is 5.25. The van der Waals surface area contributed by atoms with Crippen LogP contribution in [0, 0.1) is 11.8 Å². The predicted molar refractivity (Wildman–Crippen MR) is 432 cm³/mol. The summed E-state index contributed by atoms with van der Waals surface area (Å²) < 4.78 is 68.8. The zero-order chi connectivity index (χ0) is 77.1. The van der Waals surface area contributed by atoms with E-state index in [0.29, 0.717) is 25.7 Å². The summed E-state index contributed by atoms with van der Waals surface area (Å²) in [6.07, 6.45) is 71.6. The van der Waals surface area contributed by atoms with Crippen molar-refractivity contribution in [2.45, 2.75) is 452 Å².